The van der Waals surface area contributed by atoms with Gasteiger partial charge in [-0.05, 0) is 81.4 Å². The SMILES string of the molecule is C1=CC2Sc3ccc(-c4ccc(-c5cc(-c6cccc7cccnc67)cc(-c6cccc7cccnc67)c5)cc4)cc3C2C=C1. The van der Waals surface area contributed by atoms with Gasteiger partial charge in [-0.25, -0.2) is 0 Å². The van der Waals surface area contributed by atoms with Gasteiger partial charge in [-0.15, -0.1) is 11.8 Å². The van der Waals surface area contributed by atoms with Crippen LogP contribution in [-0.2, 0) is 0 Å². The Morgan fingerprint density at radius 1 is 0.467 bits per heavy atom. The largest absolute Gasteiger partial charge is 0.256 e. The van der Waals surface area contributed by atoms with Gasteiger partial charge >= 0.3 is 0 Å². The van der Waals surface area contributed by atoms with Gasteiger partial charge in [0.25, 0.3) is 0 Å². The van der Waals surface area contributed by atoms with Crippen LogP contribution in [0.15, 0.2) is 163 Å². The number of thioether (sulfide) groups is 1. The summed E-state index contributed by atoms with van der Waals surface area (Å²) in [5.74, 6) is 0.461. The highest BCUT2D eigenvalue weighted by Gasteiger charge is 2.31. The minimum absolute atomic E-state index is 0.461. The van der Waals surface area contributed by atoms with E-state index < -0.39 is 0 Å². The molecule has 0 radical (unpaired) electrons. The quantitative estimate of drug-likeness (QED) is 0.203. The van der Waals surface area contributed by atoms with Gasteiger partial charge in [0.1, 0.15) is 0 Å². The molecule has 0 bridgehead atoms. The molecule has 2 atom stereocenters. The summed E-state index contributed by atoms with van der Waals surface area (Å²) in [4.78, 5) is 11.0. The second-order valence-electron chi connectivity index (χ2n) is 11.8. The highest BCUT2D eigenvalue weighted by Crippen LogP contribution is 2.49. The smallest absolute Gasteiger partial charge is 0.0780 e. The van der Waals surface area contributed by atoms with Crippen molar-refractivity contribution in [2.45, 2.75) is 16.1 Å². The summed E-state index contributed by atoms with van der Waals surface area (Å²) in [7, 11) is 0. The number of fused-ring (bicyclic) bond motifs is 5. The second-order valence-corrected chi connectivity index (χ2v) is 13.0. The predicted octanol–water partition coefficient (Wildman–Crippen LogP) is 11.1. The Morgan fingerprint density at radius 3 is 1.69 bits per heavy atom. The fourth-order valence-corrected chi connectivity index (χ4v) is 8.18. The predicted molar refractivity (Wildman–Crippen MR) is 189 cm³/mol. The Bertz CT molecular complexity index is 2210. The molecule has 2 nitrogen and oxygen atoms in total. The number of para-hydroxylation sites is 2. The van der Waals surface area contributed by atoms with Gasteiger partial charge in [-0.2, -0.15) is 0 Å². The van der Waals surface area contributed by atoms with E-state index in [0.717, 1.165) is 44.1 Å². The zero-order valence-electron chi connectivity index (χ0n) is 24.5. The topological polar surface area (TPSA) is 25.8 Å². The maximum atomic E-state index is 4.79. The number of hydrogen-bond donors (Lipinski definition) is 0. The summed E-state index contributed by atoms with van der Waals surface area (Å²) in [6.07, 6.45) is 12.8. The Morgan fingerprint density at radius 2 is 1.02 bits per heavy atom. The lowest BCUT2D eigenvalue weighted by atomic mass is 9.89. The summed E-state index contributed by atoms with van der Waals surface area (Å²) in [6, 6.07) is 44.0. The van der Waals surface area contributed by atoms with Gasteiger partial charge < -0.3 is 0 Å². The van der Waals surface area contributed by atoms with E-state index in [4.69, 9.17) is 9.97 Å². The molecule has 7 aromatic rings. The van der Waals surface area contributed by atoms with E-state index >= 15 is 0 Å². The van der Waals surface area contributed by atoms with E-state index in [1.165, 1.54) is 32.7 Å². The third-order valence-electron chi connectivity index (χ3n) is 9.09. The first-order chi connectivity index (χ1) is 22.3. The van der Waals surface area contributed by atoms with Gasteiger partial charge in [0.05, 0.1) is 11.0 Å². The third-order valence-corrected chi connectivity index (χ3v) is 10.4. The molecule has 1 aliphatic heterocycles. The molecular weight excluding hydrogens is 565 g/mol. The van der Waals surface area contributed by atoms with Crippen molar-refractivity contribution in [3.8, 4) is 44.5 Å². The van der Waals surface area contributed by atoms with Crippen molar-refractivity contribution in [2.24, 2.45) is 0 Å². The van der Waals surface area contributed by atoms with Crippen molar-refractivity contribution in [1.29, 1.82) is 0 Å². The van der Waals surface area contributed by atoms with Gasteiger partial charge in [0.15, 0.2) is 0 Å². The van der Waals surface area contributed by atoms with Crippen LogP contribution in [0, 0.1) is 0 Å². The molecule has 3 heterocycles. The summed E-state index contributed by atoms with van der Waals surface area (Å²) >= 11 is 1.98. The van der Waals surface area contributed by atoms with Crippen molar-refractivity contribution >= 4 is 33.6 Å². The molecule has 1 aliphatic carbocycles. The van der Waals surface area contributed by atoms with Crippen LogP contribution in [0.1, 0.15) is 11.5 Å². The average Bonchev–Trinajstić information content (AvgIpc) is 3.49. The highest BCUT2D eigenvalue weighted by molar-refractivity contribution is 8.00. The lowest BCUT2D eigenvalue weighted by Gasteiger charge is -2.15. The number of nitrogens with zero attached hydrogens (tertiary/aromatic N) is 2. The van der Waals surface area contributed by atoms with Crippen molar-refractivity contribution in [3.05, 3.63) is 164 Å². The molecule has 2 unspecified atom stereocenters. The Hall–Kier alpha value is -5.25. The van der Waals surface area contributed by atoms with E-state index in [2.05, 4.69) is 133 Å². The van der Waals surface area contributed by atoms with E-state index in [9.17, 15) is 0 Å². The Kier molecular flexibility index (Phi) is 6.24. The van der Waals surface area contributed by atoms with Crippen LogP contribution in [0.4, 0.5) is 0 Å². The van der Waals surface area contributed by atoms with Crippen molar-refractivity contribution in [3.63, 3.8) is 0 Å². The minimum atomic E-state index is 0.461. The van der Waals surface area contributed by atoms with Crippen molar-refractivity contribution in [1.82, 2.24) is 9.97 Å². The van der Waals surface area contributed by atoms with Crippen LogP contribution in [0.25, 0.3) is 66.3 Å². The van der Waals surface area contributed by atoms with Crippen molar-refractivity contribution < 1.29 is 0 Å². The number of allylic oxidation sites excluding steroid dienone is 3. The Balaban J connectivity index is 1.16. The van der Waals surface area contributed by atoms with Crippen LogP contribution in [0.5, 0.6) is 0 Å². The average molecular weight is 593 g/mol. The fraction of sp³-hybridized carbons (Fsp3) is 0.0476. The zero-order valence-corrected chi connectivity index (χ0v) is 25.3. The summed E-state index contributed by atoms with van der Waals surface area (Å²) < 4.78 is 0. The zero-order chi connectivity index (χ0) is 29.7. The molecule has 3 heteroatoms. The summed E-state index contributed by atoms with van der Waals surface area (Å²) in [6.45, 7) is 0. The normalized spacial score (nSPS) is 16.6. The molecule has 0 amide bonds. The molecule has 2 aromatic heterocycles. The van der Waals surface area contributed by atoms with Gasteiger partial charge in [-0.1, -0.05) is 103 Å². The number of benzene rings is 5. The number of pyridine rings is 2. The maximum absolute atomic E-state index is 4.79. The minimum Gasteiger partial charge on any atom is -0.256 e. The second kappa shape index (κ2) is 10.7. The molecule has 0 fully saturated rings. The number of rotatable bonds is 4. The van der Waals surface area contributed by atoms with Gasteiger partial charge in [0.2, 0.25) is 0 Å². The fourth-order valence-electron chi connectivity index (χ4n) is 6.86. The van der Waals surface area contributed by atoms with Crippen LogP contribution in [0.3, 0.4) is 0 Å². The molecule has 9 rings (SSSR count). The first-order valence-corrected chi connectivity index (χ1v) is 16.3. The van der Waals surface area contributed by atoms with E-state index in [-0.39, 0.29) is 0 Å². The summed E-state index contributed by atoms with van der Waals surface area (Å²) in [5.41, 5.74) is 12.8. The van der Waals surface area contributed by atoms with Crippen LogP contribution >= 0.6 is 11.8 Å². The molecule has 2 aliphatic rings. The highest BCUT2D eigenvalue weighted by atomic mass is 32.2. The standard InChI is InChI=1S/C42H28N2S/c1-2-14-39-37(11-1)38-26-31(19-20-40(38)45-39)27-15-17-28(18-16-27)32-23-33(35-12-3-7-29-9-5-21-43-41(29)35)25-34(24-32)36-13-4-8-30-10-6-22-44-42(30)36/h1-26,37,39H. The maximum Gasteiger partial charge on any atom is 0.0780 e. The first kappa shape index (κ1) is 26.2. The van der Waals surface area contributed by atoms with Gasteiger partial charge in [-0.3, -0.25) is 9.97 Å². The molecule has 0 saturated heterocycles. The number of hydrogen-bond acceptors (Lipinski definition) is 3. The monoisotopic (exact) mass is 592 g/mol. The molecule has 0 saturated carbocycles. The summed E-state index contributed by atoms with van der Waals surface area (Å²) in [5, 5.41) is 2.78. The Labute approximate surface area is 266 Å². The molecular formula is C42H28N2S. The lowest BCUT2D eigenvalue weighted by Crippen LogP contribution is -2.06. The molecule has 45 heavy (non-hydrogen) atoms. The van der Waals surface area contributed by atoms with Crippen LogP contribution in [0.2, 0.25) is 0 Å². The van der Waals surface area contributed by atoms with Crippen LogP contribution in [-0.4, -0.2) is 15.2 Å². The molecule has 0 N–H and O–H groups in total. The third kappa shape index (κ3) is 4.59. The van der Waals surface area contributed by atoms with Crippen molar-refractivity contribution in [2.75, 3.05) is 0 Å². The molecule has 212 valence electrons. The van der Waals surface area contributed by atoms with E-state index in [0.29, 0.717) is 11.2 Å². The number of aromatic nitrogens is 2. The van der Waals surface area contributed by atoms with Crippen LogP contribution < -0.4 is 0 Å². The van der Waals surface area contributed by atoms with E-state index in [1.807, 2.05) is 36.3 Å². The van der Waals surface area contributed by atoms with E-state index in [1.54, 1.807) is 0 Å². The van der Waals surface area contributed by atoms with Gasteiger partial charge in [0, 0.05) is 50.4 Å². The lowest BCUT2D eigenvalue weighted by molar-refractivity contribution is 0.881. The first-order valence-electron chi connectivity index (χ1n) is 15.4. The molecule has 0 spiro atoms. The molecule has 5 aromatic carbocycles.